The predicted molar refractivity (Wildman–Crippen MR) is 87.4 cm³/mol. The highest BCUT2D eigenvalue weighted by Gasteiger charge is 2.16. The summed E-state index contributed by atoms with van der Waals surface area (Å²) in [6, 6.07) is -0.820. The van der Waals surface area contributed by atoms with Crippen LogP contribution in [0.15, 0.2) is 4.99 Å². The summed E-state index contributed by atoms with van der Waals surface area (Å²) in [5, 5.41) is 18.6. The maximum absolute atomic E-state index is 10.8. The number of aliphatic imine (C=N–C) groups is 1. The molecule has 1 amide bonds. The number of guanidine groups is 1. The molecule has 0 aliphatic rings. The molecule has 9 N–H and O–H groups in total. The Bertz CT molecular complexity index is 443. The number of rotatable bonds is 7. The second-order valence-corrected chi connectivity index (χ2v) is 5.64. The number of amides is 1. The summed E-state index contributed by atoms with van der Waals surface area (Å²) < 4.78 is 4.77. The first-order valence-electron chi connectivity index (χ1n) is 7.07. The van der Waals surface area contributed by atoms with Crippen molar-refractivity contribution in [2.75, 3.05) is 13.1 Å². The topological polar surface area (TPSA) is 203 Å². The first-order valence-corrected chi connectivity index (χ1v) is 7.07. The van der Waals surface area contributed by atoms with Crippen LogP contribution in [0.2, 0.25) is 0 Å². The standard InChI is InChI=1S/C7H13NO4.C6H14N4O2/c1-7(2,3)12-6(11)8-4-5(9)10;7-4(5(11)12)2-1-3-10-6(8)9/h4H2,1-3H3,(H,8,11)(H,9,10);4H,1-3,7H2,(H,11,12)(H4,8,9,10)/t;4-/m.0/s1. The van der Waals surface area contributed by atoms with Gasteiger partial charge in [-0.2, -0.15) is 0 Å². The van der Waals surface area contributed by atoms with Crippen molar-refractivity contribution >= 4 is 24.0 Å². The minimum Gasteiger partial charge on any atom is -0.480 e. The van der Waals surface area contributed by atoms with Crippen molar-refractivity contribution in [2.24, 2.45) is 22.2 Å². The van der Waals surface area contributed by atoms with Crippen LogP contribution in [0.3, 0.4) is 0 Å². The van der Waals surface area contributed by atoms with E-state index in [-0.39, 0.29) is 5.96 Å². The lowest BCUT2D eigenvalue weighted by molar-refractivity contribution is -0.139. The van der Waals surface area contributed by atoms with E-state index >= 15 is 0 Å². The number of carbonyl (C=O) groups excluding carboxylic acids is 1. The first kappa shape index (κ1) is 23.7. The Kier molecular flexibility index (Phi) is 11.8. The van der Waals surface area contributed by atoms with Crippen molar-refractivity contribution in [3.63, 3.8) is 0 Å². The van der Waals surface area contributed by atoms with Crippen LogP contribution in [0.1, 0.15) is 33.6 Å². The predicted octanol–water partition coefficient (Wildman–Crippen LogP) is -0.952. The number of aliphatic carboxylic acids is 2. The molecule has 0 heterocycles. The van der Waals surface area contributed by atoms with Crippen molar-refractivity contribution in [1.29, 1.82) is 0 Å². The highest BCUT2D eigenvalue weighted by Crippen LogP contribution is 2.05. The smallest absolute Gasteiger partial charge is 0.408 e. The van der Waals surface area contributed by atoms with Crippen molar-refractivity contribution in [2.45, 2.75) is 45.3 Å². The van der Waals surface area contributed by atoms with Crippen molar-refractivity contribution in [1.82, 2.24) is 5.32 Å². The molecule has 0 aromatic rings. The summed E-state index contributed by atoms with van der Waals surface area (Å²) in [4.78, 5) is 34.7. The molecule has 0 saturated heterocycles. The highest BCUT2D eigenvalue weighted by molar-refractivity contribution is 5.76. The van der Waals surface area contributed by atoms with Gasteiger partial charge >= 0.3 is 18.0 Å². The number of nitrogens with two attached hydrogens (primary N) is 3. The highest BCUT2D eigenvalue weighted by atomic mass is 16.6. The molecule has 0 aliphatic carbocycles. The van der Waals surface area contributed by atoms with E-state index in [1.165, 1.54) is 0 Å². The Labute approximate surface area is 140 Å². The zero-order chi connectivity index (χ0) is 19.3. The van der Waals surface area contributed by atoms with Crippen LogP contribution in [0.5, 0.6) is 0 Å². The van der Waals surface area contributed by atoms with E-state index in [2.05, 4.69) is 10.3 Å². The SMILES string of the molecule is CC(C)(C)OC(=O)NCC(=O)O.NC(N)=NCCC[C@H](N)C(=O)O. The second-order valence-electron chi connectivity index (χ2n) is 5.64. The van der Waals surface area contributed by atoms with Crippen molar-refractivity contribution < 1.29 is 29.3 Å². The molecule has 1 atom stereocenters. The molecule has 24 heavy (non-hydrogen) atoms. The summed E-state index contributed by atoms with van der Waals surface area (Å²) in [6.07, 6.45) is 0.238. The number of carboxylic acids is 2. The zero-order valence-corrected chi connectivity index (χ0v) is 14.1. The van der Waals surface area contributed by atoms with E-state index in [0.29, 0.717) is 19.4 Å². The van der Waals surface area contributed by atoms with Gasteiger partial charge in [0, 0.05) is 6.54 Å². The minimum absolute atomic E-state index is 0.0129. The summed E-state index contributed by atoms with van der Waals surface area (Å²) in [5.74, 6) is -2.08. The molecule has 0 bridgehead atoms. The Morgan fingerprint density at radius 2 is 1.75 bits per heavy atom. The fraction of sp³-hybridized carbons (Fsp3) is 0.692. The number of ether oxygens (including phenoxy) is 1. The number of hydrogen-bond acceptors (Lipinski definition) is 6. The van der Waals surface area contributed by atoms with Crippen LogP contribution in [-0.2, 0) is 14.3 Å². The molecule has 0 saturated carbocycles. The number of hydrogen-bond donors (Lipinski definition) is 6. The number of alkyl carbamates (subject to hydrolysis) is 1. The molecule has 0 fully saturated rings. The van der Waals surface area contributed by atoms with E-state index in [9.17, 15) is 14.4 Å². The molecule has 0 unspecified atom stereocenters. The molecular formula is C13H27N5O6. The van der Waals surface area contributed by atoms with Gasteiger partial charge in [0.1, 0.15) is 18.2 Å². The van der Waals surface area contributed by atoms with Crippen LogP contribution in [0, 0.1) is 0 Å². The average molecular weight is 349 g/mol. The monoisotopic (exact) mass is 349 g/mol. The Hall–Kier alpha value is -2.56. The van der Waals surface area contributed by atoms with Crippen LogP contribution in [0.4, 0.5) is 4.79 Å². The van der Waals surface area contributed by atoms with Crippen LogP contribution >= 0.6 is 0 Å². The third-order valence-corrected chi connectivity index (χ3v) is 2.07. The second kappa shape index (κ2) is 11.9. The van der Waals surface area contributed by atoms with E-state index in [1.807, 2.05) is 0 Å². The summed E-state index contributed by atoms with van der Waals surface area (Å²) in [5.41, 5.74) is 14.7. The lowest BCUT2D eigenvalue weighted by Gasteiger charge is -2.19. The molecule has 0 rings (SSSR count). The number of nitrogens with one attached hydrogen (secondary N) is 1. The molecule has 0 radical (unpaired) electrons. The maximum Gasteiger partial charge on any atom is 0.408 e. The Balaban J connectivity index is 0. The van der Waals surface area contributed by atoms with Gasteiger partial charge < -0.3 is 37.5 Å². The molecule has 0 aromatic heterocycles. The first-order chi connectivity index (χ1) is 10.8. The van der Waals surface area contributed by atoms with E-state index in [4.69, 9.17) is 32.2 Å². The lowest BCUT2D eigenvalue weighted by atomic mass is 10.2. The normalized spacial score (nSPS) is 11.3. The van der Waals surface area contributed by atoms with Gasteiger partial charge in [0.25, 0.3) is 0 Å². The summed E-state index contributed by atoms with van der Waals surface area (Å²) in [6.45, 7) is 5.10. The lowest BCUT2D eigenvalue weighted by Crippen LogP contribution is -2.35. The molecular weight excluding hydrogens is 322 g/mol. The van der Waals surface area contributed by atoms with Gasteiger partial charge in [-0.25, -0.2) is 4.79 Å². The zero-order valence-electron chi connectivity index (χ0n) is 14.1. The van der Waals surface area contributed by atoms with Gasteiger partial charge in [-0.1, -0.05) is 0 Å². The summed E-state index contributed by atoms with van der Waals surface area (Å²) >= 11 is 0. The van der Waals surface area contributed by atoms with Crippen LogP contribution in [-0.4, -0.2) is 58.9 Å². The molecule has 0 spiro atoms. The van der Waals surface area contributed by atoms with Gasteiger partial charge in [0.2, 0.25) is 0 Å². The number of carboxylic acid groups (broad SMARTS) is 2. The van der Waals surface area contributed by atoms with E-state index in [0.717, 1.165) is 0 Å². The van der Waals surface area contributed by atoms with E-state index < -0.39 is 36.2 Å². The van der Waals surface area contributed by atoms with Gasteiger partial charge in [-0.3, -0.25) is 14.6 Å². The third kappa shape index (κ3) is 19.4. The van der Waals surface area contributed by atoms with Crippen molar-refractivity contribution in [3.05, 3.63) is 0 Å². The summed E-state index contributed by atoms with van der Waals surface area (Å²) in [7, 11) is 0. The average Bonchev–Trinajstić information content (AvgIpc) is 2.39. The molecule has 0 aromatic carbocycles. The van der Waals surface area contributed by atoms with Gasteiger partial charge in [0.05, 0.1) is 0 Å². The molecule has 0 aliphatic heterocycles. The Morgan fingerprint density at radius 1 is 1.21 bits per heavy atom. The molecule has 140 valence electrons. The fourth-order valence-electron chi connectivity index (χ4n) is 1.10. The number of carbonyl (C=O) groups is 3. The minimum atomic E-state index is -1.10. The maximum atomic E-state index is 10.8. The third-order valence-electron chi connectivity index (χ3n) is 2.07. The van der Waals surface area contributed by atoms with Gasteiger partial charge in [0.15, 0.2) is 5.96 Å². The number of nitrogens with zero attached hydrogens (tertiary/aromatic N) is 1. The molecule has 11 heteroatoms. The van der Waals surface area contributed by atoms with Crippen LogP contribution < -0.4 is 22.5 Å². The Morgan fingerprint density at radius 3 is 2.12 bits per heavy atom. The van der Waals surface area contributed by atoms with E-state index in [1.54, 1.807) is 20.8 Å². The van der Waals surface area contributed by atoms with Gasteiger partial charge in [-0.05, 0) is 33.6 Å². The quantitative estimate of drug-likeness (QED) is 0.190. The fourth-order valence-corrected chi connectivity index (χ4v) is 1.10. The molecule has 11 nitrogen and oxygen atoms in total. The van der Waals surface area contributed by atoms with Crippen LogP contribution in [0.25, 0.3) is 0 Å². The van der Waals surface area contributed by atoms with Gasteiger partial charge in [-0.15, -0.1) is 0 Å². The van der Waals surface area contributed by atoms with Crippen molar-refractivity contribution in [3.8, 4) is 0 Å². The largest absolute Gasteiger partial charge is 0.480 e.